The summed E-state index contributed by atoms with van der Waals surface area (Å²) in [6.07, 6.45) is 4.92. The molecule has 1 aliphatic rings. The first-order chi connectivity index (χ1) is 15.3. The number of aryl methyl sites for hydroxylation is 2. The largest absolute Gasteiger partial charge is 0.492 e. The van der Waals surface area contributed by atoms with Crippen LogP contribution in [0.15, 0.2) is 36.4 Å². The molecule has 1 aliphatic carbocycles. The number of nitrogens with one attached hydrogen (secondary N) is 2. The van der Waals surface area contributed by atoms with Crippen molar-refractivity contribution in [3.63, 3.8) is 0 Å². The predicted molar refractivity (Wildman–Crippen MR) is 127 cm³/mol. The Kier molecular flexibility index (Phi) is 6.99. The predicted octanol–water partition coefficient (Wildman–Crippen LogP) is 3.99. The average Bonchev–Trinajstić information content (AvgIpc) is 3.11. The third-order valence-corrected chi connectivity index (χ3v) is 7.33. The monoisotopic (exact) mass is 478 g/mol. The second-order valence-electron chi connectivity index (χ2n) is 8.05. The number of halogens is 1. The number of hydrogen-bond acceptors (Lipinski definition) is 6. The molecular weight excluding hydrogens is 451 g/mol. The molecule has 0 amide bonds. The van der Waals surface area contributed by atoms with E-state index in [2.05, 4.69) is 22.2 Å². The third-order valence-electron chi connectivity index (χ3n) is 5.48. The van der Waals surface area contributed by atoms with E-state index in [0.29, 0.717) is 18.7 Å². The maximum absolute atomic E-state index is 13.8. The summed E-state index contributed by atoms with van der Waals surface area (Å²) in [6, 6.07) is 10.1. The highest BCUT2D eigenvalue weighted by atomic mass is 32.2. The minimum Gasteiger partial charge on any atom is -0.492 e. The summed E-state index contributed by atoms with van der Waals surface area (Å²) >= 11 is 1.87. The lowest BCUT2D eigenvalue weighted by atomic mass is 9.96. The van der Waals surface area contributed by atoms with Gasteiger partial charge in [-0.25, -0.2) is 12.8 Å². The maximum atomic E-state index is 13.8. The van der Waals surface area contributed by atoms with E-state index in [1.807, 2.05) is 17.4 Å². The summed E-state index contributed by atoms with van der Waals surface area (Å²) in [7, 11) is -3.61. The Morgan fingerprint density at radius 3 is 2.81 bits per heavy atom. The molecule has 0 bridgehead atoms. The third kappa shape index (κ3) is 5.58. The van der Waals surface area contributed by atoms with Crippen LogP contribution in [-0.2, 0) is 22.9 Å². The highest BCUT2D eigenvalue weighted by Gasteiger charge is 2.16. The molecule has 1 heterocycles. The van der Waals surface area contributed by atoms with Crippen molar-refractivity contribution in [3.8, 4) is 5.75 Å². The van der Waals surface area contributed by atoms with Crippen molar-refractivity contribution in [2.75, 3.05) is 30.7 Å². The fourth-order valence-electron chi connectivity index (χ4n) is 3.96. The van der Waals surface area contributed by atoms with Gasteiger partial charge in [0, 0.05) is 22.7 Å². The van der Waals surface area contributed by atoms with Gasteiger partial charge in [-0.15, -0.1) is 11.3 Å². The van der Waals surface area contributed by atoms with Crippen molar-refractivity contribution in [2.24, 2.45) is 0 Å². The van der Waals surface area contributed by atoms with Gasteiger partial charge >= 0.3 is 0 Å². The number of rotatable bonds is 9. The molecule has 6 nitrogen and oxygen atoms in total. The molecule has 1 atom stereocenters. The maximum Gasteiger partial charge on any atom is 0.229 e. The summed E-state index contributed by atoms with van der Waals surface area (Å²) in [5.41, 5.74) is 1.74. The highest BCUT2D eigenvalue weighted by Crippen LogP contribution is 2.37. The molecule has 3 aromatic rings. The van der Waals surface area contributed by atoms with Crippen LogP contribution in [0.5, 0.6) is 5.75 Å². The number of aliphatic hydroxyl groups is 1. The molecule has 0 spiro atoms. The molecule has 0 saturated carbocycles. The van der Waals surface area contributed by atoms with Crippen molar-refractivity contribution in [2.45, 2.75) is 31.8 Å². The first-order valence-electron chi connectivity index (χ1n) is 10.6. The van der Waals surface area contributed by atoms with Crippen LogP contribution in [-0.4, -0.2) is 39.5 Å². The molecule has 3 N–H and O–H groups in total. The first kappa shape index (κ1) is 23.0. The van der Waals surface area contributed by atoms with E-state index in [4.69, 9.17) is 4.74 Å². The van der Waals surface area contributed by atoms with Crippen LogP contribution >= 0.6 is 11.3 Å². The topological polar surface area (TPSA) is 87.7 Å². The summed E-state index contributed by atoms with van der Waals surface area (Å²) in [5, 5.41) is 14.8. The van der Waals surface area contributed by atoms with Gasteiger partial charge in [0.1, 0.15) is 18.2 Å². The number of thiophene rings is 1. The van der Waals surface area contributed by atoms with Crippen LogP contribution < -0.4 is 14.8 Å². The van der Waals surface area contributed by atoms with E-state index in [1.54, 1.807) is 0 Å². The summed E-state index contributed by atoms with van der Waals surface area (Å²) in [6.45, 7) is 1.18. The highest BCUT2D eigenvalue weighted by molar-refractivity contribution is 7.92. The number of anilines is 1. The number of hydrogen-bond donors (Lipinski definition) is 3. The average molecular weight is 479 g/mol. The quantitative estimate of drug-likeness (QED) is 0.405. The van der Waals surface area contributed by atoms with E-state index < -0.39 is 21.9 Å². The Bertz CT molecular complexity index is 1210. The first-order valence-corrected chi connectivity index (χ1v) is 13.3. The summed E-state index contributed by atoms with van der Waals surface area (Å²) < 4.78 is 45.8. The number of ether oxygens (including phenoxy) is 1. The molecule has 0 radical (unpaired) electrons. The molecule has 9 heteroatoms. The van der Waals surface area contributed by atoms with Gasteiger partial charge in [-0.2, -0.15) is 0 Å². The summed E-state index contributed by atoms with van der Waals surface area (Å²) in [5.74, 6) is 0.129. The van der Waals surface area contributed by atoms with Crippen molar-refractivity contribution in [1.82, 2.24) is 5.32 Å². The lowest BCUT2D eigenvalue weighted by molar-refractivity contribution is 0.172. The molecule has 2 aromatic carbocycles. The van der Waals surface area contributed by atoms with Crippen LogP contribution in [0.1, 0.15) is 34.9 Å². The van der Waals surface area contributed by atoms with Crippen LogP contribution in [0.3, 0.4) is 0 Å². The normalized spacial score (nSPS) is 14.8. The molecule has 0 aliphatic heterocycles. The van der Waals surface area contributed by atoms with E-state index >= 15 is 0 Å². The number of benzene rings is 2. The molecule has 172 valence electrons. The number of aliphatic hydroxyl groups excluding tert-OH is 1. The molecule has 0 saturated heterocycles. The standard InChI is InChI=1S/C23H27FN2O4S2/c1-32(28,29)26-20-12-15(6-9-19(20)24)21(27)14-25-10-11-30-16-7-8-18-17-4-2-3-5-22(17)31-23(18)13-16/h6-9,12-13,21,25-27H,2-5,10-11,14H2,1H3. The van der Waals surface area contributed by atoms with Crippen LogP contribution in [0.2, 0.25) is 0 Å². The zero-order chi connectivity index (χ0) is 22.7. The van der Waals surface area contributed by atoms with Gasteiger partial charge in [0.25, 0.3) is 0 Å². The van der Waals surface area contributed by atoms with E-state index in [1.165, 1.54) is 58.3 Å². The van der Waals surface area contributed by atoms with Gasteiger partial charge in [-0.05, 0) is 72.5 Å². The second-order valence-corrected chi connectivity index (χ2v) is 10.9. The smallest absolute Gasteiger partial charge is 0.229 e. The molecule has 1 unspecified atom stereocenters. The molecular formula is C23H27FN2O4S2. The van der Waals surface area contributed by atoms with Crippen LogP contribution in [0.4, 0.5) is 10.1 Å². The zero-order valence-corrected chi connectivity index (χ0v) is 19.5. The lowest BCUT2D eigenvalue weighted by Gasteiger charge is -2.15. The lowest BCUT2D eigenvalue weighted by Crippen LogP contribution is -2.26. The minimum absolute atomic E-state index is 0.182. The Hall–Kier alpha value is -2.20. The van der Waals surface area contributed by atoms with Gasteiger partial charge in [-0.1, -0.05) is 6.07 Å². The van der Waals surface area contributed by atoms with Gasteiger partial charge in [-0.3, -0.25) is 4.72 Å². The fourth-order valence-corrected chi connectivity index (χ4v) is 5.84. The van der Waals surface area contributed by atoms with Crippen molar-refractivity contribution < 1.29 is 22.7 Å². The molecule has 32 heavy (non-hydrogen) atoms. The van der Waals surface area contributed by atoms with Crippen molar-refractivity contribution in [1.29, 1.82) is 0 Å². The van der Waals surface area contributed by atoms with Gasteiger partial charge < -0.3 is 15.2 Å². The Morgan fingerprint density at radius 1 is 1.19 bits per heavy atom. The van der Waals surface area contributed by atoms with Crippen molar-refractivity contribution >= 4 is 37.1 Å². The molecule has 1 aromatic heterocycles. The fraction of sp³-hybridized carbons (Fsp3) is 0.391. The zero-order valence-electron chi connectivity index (χ0n) is 17.9. The van der Waals surface area contributed by atoms with Crippen LogP contribution in [0, 0.1) is 5.82 Å². The Balaban J connectivity index is 1.27. The van der Waals surface area contributed by atoms with Crippen molar-refractivity contribution in [3.05, 3.63) is 58.2 Å². The Morgan fingerprint density at radius 2 is 2.00 bits per heavy atom. The van der Waals surface area contributed by atoms with Gasteiger partial charge in [0.15, 0.2) is 0 Å². The van der Waals surface area contributed by atoms with Gasteiger partial charge in [0.2, 0.25) is 10.0 Å². The number of sulfonamides is 1. The SMILES string of the molecule is CS(=O)(=O)Nc1cc(C(O)CNCCOc2ccc3c4c(sc3c2)CCCC4)ccc1F. The molecule has 0 fully saturated rings. The minimum atomic E-state index is -3.61. The van der Waals surface area contributed by atoms with E-state index in [0.717, 1.165) is 18.1 Å². The molecule has 4 rings (SSSR count). The Labute approximate surface area is 191 Å². The van der Waals surface area contributed by atoms with Gasteiger partial charge in [0.05, 0.1) is 18.0 Å². The van der Waals surface area contributed by atoms with Crippen LogP contribution in [0.25, 0.3) is 10.1 Å². The second kappa shape index (κ2) is 9.74. The van der Waals surface area contributed by atoms with E-state index in [9.17, 15) is 17.9 Å². The summed E-state index contributed by atoms with van der Waals surface area (Å²) in [4.78, 5) is 1.51. The van der Waals surface area contributed by atoms with E-state index in [-0.39, 0.29) is 12.2 Å². The number of fused-ring (bicyclic) bond motifs is 3.